The summed E-state index contributed by atoms with van der Waals surface area (Å²) >= 11 is 4.79. The van der Waals surface area contributed by atoms with E-state index < -0.39 is 0 Å². The number of halogens is 1. The van der Waals surface area contributed by atoms with E-state index in [1.165, 1.54) is 17.4 Å². The van der Waals surface area contributed by atoms with Gasteiger partial charge >= 0.3 is 0 Å². The molecule has 2 aromatic carbocycles. The summed E-state index contributed by atoms with van der Waals surface area (Å²) in [6, 6.07) is 13.3. The van der Waals surface area contributed by atoms with E-state index >= 15 is 0 Å². The molecule has 0 aliphatic rings. The summed E-state index contributed by atoms with van der Waals surface area (Å²) in [6.07, 6.45) is 3.14. The lowest BCUT2D eigenvalue weighted by molar-refractivity contribution is -0.111. The third-order valence-electron chi connectivity index (χ3n) is 3.73. The number of hydrogen-bond acceptors (Lipinski definition) is 5. The van der Waals surface area contributed by atoms with Crippen molar-refractivity contribution in [1.82, 2.24) is 4.98 Å². The van der Waals surface area contributed by atoms with Gasteiger partial charge in [0.15, 0.2) is 5.13 Å². The number of carbonyl (C=O) groups is 1. The fourth-order valence-corrected chi connectivity index (χ4v) is 3.34. The molecular formula is C20H17BrN2O3S. The van der Waals surface area contributed by atoms with Crippen LogP contribution in [-0.4, -0.2) is 25.1 Å². The van der Waals surface area contributed by atoms with Crippen LogP contribution in [0.4, 0.5) is 5.13 Å². The molecular weight excluding hydrogens is 428 g/mol. The Morgan fingerprint density at radius 1 is 1.15 bits per heavy atom. The predicted molar refractivity (Wildman–Crippen MR) is 112 cm³/mol. The summed E-state index contributed by atoms with van der Waals surface area (Å²) in [5.41, 5.74) is 2.60. The third-order valence-corrected chi connectivity index (χ3v) is 5.02. The van der Waals surface area contributed by atoms with Crippen molar-refractivity contribution in [3.63, 3.8) is 0 Å². The van der Waals surface area contributed by atoms with Gasteiger partial charge in [0.25, 0.3) is 0 Å². The topological polar surface area (TPSA) is 60.5 Å². The van der Waals surface area contributed by atoms with Crippen molar-refractivity contribution in [2.24, 2.45) is 0 Å². The lowest BCUT2D eigenvalue weighted by Crippen LogP contribution is -2.07. The van der Waals surface area contributed by atoms with Gasteiger partial charge in [-0.3, -0.25) is 10.1 Å². The third kappa shape index (κ3) is 4.96. The minimum Gasteiger partial charge on any atom is -0.497 e. The molecule has 1 amide bonds. The van der Waals surface area contributed by atoms with Crippen molar-refractivity contribution in [2.75, 3.05) is 19.5 Å². The van der Waals surface area contributed by atoms with Crippen LogP contribution < -0.4 is 14.8 Å². The van der Waals surface area contributed by atoms with Crippen LogP contribution in [-0.2, 0) is 4.79 Å². The van der Waals surface area contributed by atoms with Gasteiger partial charge in [0, 0.05) is 33.1 Å². The maximum absolute atomic E-state index is 12.2. The van der Waals surface area contributed by atoms with Crippen LogP contribution in [0.5, 0.6) is 11.5 Å². The smallest absolute Gasteiger partial charge is 0.250 e. The first-order chi connectivity index (χ1) is 13.1. The maximum atomic E-state index is 12.2. The summed E-state index contributed by atoms with van der Waals surface area (Å²) < 4.78 is 11.5. The molecule has 0 aliphatic heterocycles. The van der Waals surface area contributed by atoms with Gasteiger partial charge < -0.3 is 9.47 Å². The van der Waals surface area contributed by atoms with Gasteiger partial charge in [-0.15, -0.1) is 11.3 Å². The largest absolute Gasteiger partial charge is 0.497 e. The first-order valence-corrected chi connectivity index (χ1v) is 9.69. The number of hydrogen-bond donors (Lipinski definition) is 1. The van der Waals surface area contributed by atoms with Crippen LogP contribution in [0.2, 0.25) is 0 Å². The summed E-state index contributed by atoms with van der Waals surface area (Å²) in [6.45, 7) is 0. The highest BCUT2D eigenvalue weighted by Crippen LogP contribution is 2.27. The number of anilines is 1. The van der Waals surface area contributed by atoms with Crippen molar-refractivity contribution < 1.29 is 14.3 Å². The number of benzene rings is 2. The number of nitrogens with zero attached hydrogens (tertiary/aromatic N) is 1. The van der Waals surface area contributed by atoms with E-state index in [9.17, 15) is 4.79 Å². The molecule has 0 saturated carbocycles. The number of nitrogens with one attached hydrogen (secondary N) is 1. The van der Waals surface area contributed by atoms with E-state index in [1.807, 2.05) is 41.8 Å². The lowest BCUT2D eigenvalue weighted by Gasteiger charge is -2.07. The number of amides is 1. The van der Waals surface area contributed by atoms with Crippen LogP contribution in [0.3, 0.4) is 0 Å². The molecule has 0 fully saturated rings. The summed E-state index contributed by atoms with van der Waals surface area (Å²) in [7, 11) is 3.17. The Bertz CT molecular complexity index is 968. The van der Waals surface area contributed by atoms with Gasteiger partial charge in [0.2, 0.25) is 5.91 Å². The normalized spacial score (nSPS) is 10.8. The van der Waals surface area contributed by atoms with Gasteiger partial charge in [-0.05, 0) is 30.3 Å². The fourth-order valence-electron chi connectivity index (χ4n) is 2.35. The Hall–Kier alpha value is -2.64. The van der Waals surface area contributed by atoms with Gasteiger partial charge in [-0.1, -0.05) is 28.1 Å². The zero-order valence-corrected chi connectivity index (χ0v) is 17.1. The van der Waals surface area contributed by atoms with E-state index in [2.05, 4.69) is 26.2 Å². The monoisotopic (exact) mass is 444 g/mol. The van der Waals surface area contributed by atoms with E-state index in [0.717, 1.165) is 21.3 Å². The summed E-state index contributed by atoms with van der Waals surface area (Å²) in [5.74, 6) is 1.06. The van der Waals surface area contributed by atoms with Gasteiger partial charge in [0.05, 0.1) is 19.9 Å². The summed E-state index contributed by atoms with van der Waals surface area (Å²) in [4.78, 5) is 16.7. The number of aromatic nitrogens is 1. The van der Waals surface area contributed by atoms with Crippen molar-refractivity contribution in [3.8, 4) is 22.8 Å². The minimum absolute atomic E-state index is 0.260. The first kappa shape index (κ1) is 19.1. The average Bonchev–Trinajstić information content (AvgIpc) is 3.15. The number of methoxy groups -OCH3 is 2. The van der Waals surface area contributed by atoms with E-state index in [4.69, 9.17) is 9.47 Å². The molecule has 1 aromatic heterocycles. The van der Waals surface area contributed by atoms with E-state index in [-0.39, 0.29) is 5.91 Å². The highest BCUT2D eigenvalue weighted by atomic mass is 79.9. The molecule has 1 N–H and O–H groups in total. The van der Waals surface area contributed by atoms with Crippen molar-refractivity contribution in [3.05, 3.63) is 64.0 Å². The van der Waals surface area contributed by atoms with Crippen LogP contribution >= 0.6 is 27.3 Å². The predicted octanol–water partition coefficient (Wildman–Crippen LogP) is 5.24. The molecule has 0 bridgehead atoms. The van der Waals surface area contributed by atoms with Crippen LogP contribution in [0.15, 0.2) is 58.4 Å². The molecule has 3 rings (SSSR count). The second kappa shape index (κ2) is 8.83. The van der Waals surface area contributed by atoms with Crippen LogP contribution in [0.25, 0.3) is 17.3 Å². The number of thiazole rings is 1. The van der Waals surface area contributed by atoms with Crippen LogP contribution in [0, 0.1) is 0 Å². The molecule has 5 nitrogen and oxygen atoms in total. The zero-order chi connectivity index (χ0) is 19.2. The Kier molecular flexibility index (Phi) is 6.26. The quantitative estimate of drug-likeness (QED) is 0.527. The molecule has 0 atom stereocenters. The zero-order valence-electron chi connectivity index (χ0n) is 14.7. The van der Waals surface area contributed by atoms with Crippen LogP contribution in [0.1, 0.15) is 5.56 Å². The van der Waals surface area contributed by atoms with E-state index in [1.54, 1.807) is 26.4 Å². The maximum Gasteiger partial charge on any atom is 0.250 e. The second-order valence-electron chi connectivity index (χ2n) is 5.48. The molecule has 1 heterocycles. The number of ether oxygens (including phenoxy) is 2. The minimum atomic E-state index is -0.260. The molecule has 27 heavy (non-hydrogen) atoms. The molecule has 0 aliphatic carbocycles. The molecule has 0 spiro atoms. The Labute approximate surface area is 169 Å². The van der Waals surface area contributed by atoms with Crippen molar-refractivity contribution in [2.45, 2.75) is 0 Å². The Balaban J connectivity index is 1.68. The highest BCUT2D eigenvalue weighted by molar-refractivity contribution is 9.10. The highest BCUT2D eigenvalue weighted by Gasteiger charge is 2.07. The molecule has 138 valence electrons. The molecule has 3 aromatic rings. The standard InChI is InChI=1S/C20H17BrN2O3S/c1-25-16-9-5-14(18(11-16)26-2)6-10-19(24)23-20-22-17(12-27-20)13-3-7-15(21)8-4-13/h3-12H,1-2H3,(H,22,23,24)/b10-6+. The number of carbonyl (C=O) groups excluding carboxylic acids is 1. The van der Waals surface area contributed by atoms with E-state index in [0.29, 0.717) is 16.6 Å². The SMILES string of the molecule is COc1ccc(/C=C/C(=O)Nc2nc(-c3ccc(Br)cc3)cs2)c(OC)c1. The first-order valence-electron chi connectivity index (χ1n) is 8.01. The molecule has 0 radical (unpaired) electrons. The van der Waals surface area contributed by atoms with Crippen molar-refractivity contribution >= 4 is 44.4 Å². The lowest BCUT2D eigenvalue weighted by atomic mass is 10.1. The van der Waals surface area contributed by atoms with Crippen molar-refractivity contribution in [1.29, 1.82) is 0 Å². The molecule has 0 saturated heterocycles. The van der Waals surface area contributed by atoms with Gasteiger partial charge in [-0.25, -0.2) is 4.98 Å². The van der Waals surface area contributed by atoms with Gasteiger partial charge in [-0.2, -0.15) is 0 Å². The van der Waals surface area contributed by atoms with Gasteiger partial charge in [0.1, 0.15) is 11.5 Å². The second-order valence-corrected chi connectivity index (χ2v) is 7.25. The average molecular weight is 445 g/mol. The molecule has 0 unspecified atom stereocenters. The Morgan fingerprint density at radius 2 is 1.93 bits per heavy atom. The molecule has 7 heteroatoms. The number of rotatable bonds is 6. The summed E-state index contributed by atoms with van der Waals surface area (Å²) in [5, 5.41) is 5.24. The Morgan fingerprint density at radius 3 is 2.63 bits per heavy atom. The fraction of sp³-hybridized carbons (Fsp3) is 0.100.